The lowest BCUT2D eigenvalue weighted by atomic mass is 10.2. The fourth-order valence-corrected chi connectivity index (χ4v) is 3.38. The van der Waals surface area contributed by atoms with Gasteiger partial charge in [0.05, 0.1) is 12.2 Å². The molecule has 4 N–H and O–H groups in total. The standard InChI is InChI=1S/C25H18F2N4O6/c26-14-3-6-16(7-4-14)31-11-1-2-17(24(31)34)23(33)29-15-5-8-21(19(27)12-15)37-20-9-10-28-22(18(20)13-32)30-25(35)36/h1-12,32H,13H2,(H,28,30)(H,29,33)(H,35,36). The van der Waals surface area contributed by atoms with Crippen LogP contribution in [-0.2, 0) is 6.61 Å². The van der Waals surface area contributed by atoms with Gasteiger partial charge in [0.15, 0.2) is 11.6 Å². The monoisotopic (exact) mass is 508 g/mol. The molecule has 0 aliphatic rings. The van der Waals surface area contributed by atoms with E-state index in [-0.39, 0.29) is 34.1 Å². The Morgan fingerprint density at radius 1 is 1.00 bits per heavy atom. The number of nitrogens with zero attached hydrogens (tertiary/aromatic N) is 2. The van der Waals surface area contributed by atoms with Crippen molar-refractivity contribution in [1.82, 2.24) is 9.55 Å². The Bertz CT molecular complexity index is 1540. The highest BCUT2D eigenvalue weighted by molar-refractivity contribution is 6.04. The summed E-state index contributed by atoms with van der Waals surface area (Å²) in [5.74, 6) is -2.65. The number of anilines is 2. The summed E-state index contributed by atoms with van der Waals surface area (Å²) in [5, 5.41) is 22.9. The van der Waals surface area contributed by atoms with Crippen molar-refractivity contribution in [2.45, 2.75) is 6.61 Å². The lowest BCUT2D eigenvalue weighted by Gasteiger charge is -2.14. The van der Waals surface area contributed by atoms with E-state index in [0.717, 1.165) is 6.07 Å². The van der Waals surface area contributed by atoms with Crippen molar-refractivity contribution in [3.8, 4) is 17.2 Å². The molecule has 0 fully saturated rings. The molecule has 2 amide bonds. The highest BCUT2D eigenvalue weighted by Gasteiger charge is 2.17. The minimum Gasteiger partial charge on any atom is -0.465 e. The Kier molecular flexibility index (Phi) is 7.21. The number of aromatic nitrogens is 2. The van der Waals surface area contributed by atoms with E-state index in [1.807, 2.05) is 5.32 Å². The third-order valence-electron chi connectivity index (χ3n) is 5.10. The van der Waals surface area contributed by atoms with Crippen molar-refractivity contribution in [2.75, 3.05) is 10.6 Å². The average Bonchev–Trinajstić information content (AvgIpc) is 2.86. The van der Waals surface area contributed by atoms with Crippen LogP contribution >= 0.6 is 0 Å². The maximum absolute atomic E-state index is 14.8. The quantitative estimate of drug-likeness (QED) is 0.294. The lowest BCUT2D eigenvalue weighted by Crippen LogP contribution is -2.27. The Morgan fingerprint density at radius 2 is 1.76 bits per heavy atom. The van der Waals surface area contributed by atoms with Crippen LogP contribution in [0.4, 0.5) is 25.1 Å². The number of amides is 2. The van der Waals surface area contributed by atoms with E-state index < -0.39 is 35.8 Å². The Balaban J connectivity index is 1.54. The Labute approximate surface area is 207 Å². The number of hydrogen-bond acceptors (Lipinski definition) is 6. The van der Waals surface area contributed by atoms with Crippen LogP contribution in [0.1, 0.15) is 15.9 Å². The van der Waals surface area contributed by atoms with Gasteiger partial charge in [0.2, 0.25) is 0 Å². The summed E-state index contributed by atoms with van der Waals surface area (Å²) in [6.07, 6.45) is 1.23. The molecule has 0 aliphatic carbocycles. The van der Waals surface area contributed by atoms with E-state index in [0.29, 0.717) is 5.69 Å². The third-order valence-corrected chi connectivity index (χ3v) is 5.10. The van der Waals surface area contributed by atoms with Crippen molar-refractivity contribution >= 4 is 23.5 Å². The van der Waals surface area contributed by atoms with E-state index in [9.17, 15) is 28.3 Å². The van der Waals surface area contributed by atoms with Gasteiger partial charge in [-0.2, -0.15) is 0 Å². The van der Waals surface area contributed by atoms with Gasteiger partial charge in [-0.15, -0.1) is 0 Å². The Hall–Kier alpha value is -5.10. The second-order valence-electron chi connectivity index (χ2n) is 7.50. The highest BCUT2D eigenvalue weighted by Crippen LogP contribution is 2.32. The molecule has 0 bridgehead atoms. The molecular formula is C25H18F2N4O6. The summed E-state index contributed by atoms with van der Waals surface area (Å²) in [6, 6.07) is 12.7. The molecular weight excluding hydrogens is 490 g/mol. The predicted molar refractivity (Wildman–Crippen MR) is 128 cm³/mol. The number of halogens is 2. The summed E-state index contributed by atoms with van der Waals surface area (Å²) in [4.78, 5) is 40.3. The molecule has 0 saturated carbocycles. The molecule has 0 atom stereocenters. The molecule has 0 spiro atoms. The maximum atomic E-state index is 14.8. The summed E-state index contributed by atoms with van der Waals surface area (Å²) in [7, 11) is 0. The van der Waals surface area contributed by atoms with E-state index in [4.69, 9.17) is 9.84 Å². The number of carbonyl (C=O) groups excluding carboxylic acids is 1. The van der Waals surface area contributed by atoms with Gasteiger partial charge in [0.1, 0.15) is 22.9 Å². The lowest BCUT2D eigenvalue weighted by molar-refractivity contribution is 0.102. The van der Waals surface area contributed by atoms with Gasteiger partial charge < -0.3 is 20.3 Å². The van der Waals surface area contributed by atoms with Gasteiger partial charge in [0, 0.05) is 29.8 Å². The van der Waals surface area contributed by atoms with Crippen molar-refractivity contribution in [3.05, 3.63) is 106 Å². The van der Waals surface area contributed by atoms with Crippen LogP contribution in [-0.4, -0.2) is 31.8 Å². The maximum Gasteiger partial charge on any atom is 0.410 e. The zero-order chi connectivity index (χ0) is 26.5. The number of nitrogens with one attached hydrogen (secondary N) is 2. The molecule has 0 aliphatic heterocycles. The number of carbonyl (C=O) groups is 2. The molecule has 37 heavy (non-hydrogen) atoms. The molecule has 2 heterocycles. The molecule has 2 aromatic heterocycles. The summed E-state index contributed by atoms with van der Waals surface area (Å²) in [6.45, 7) is -0.638. The molecule has 12 heteroatoms. The van der Waals surface area contributed by atoms with Crippen LogP contribution in [0.3, 0.4) is 0 Å². The summed E-state index contributed by atoms with van der Waals surface area (Å²) in [5.41, 5.74) is -0.518. The number of aliphatic hydroxyl groups is 1. The number of carboxylic acid groups (broad SMARTS) is 1. The first-order chi connectivity index (χ1) is 17.8. The number of rotatable bonds is 7. The van der Waals surface area contributed by atoms with Crippen molar-refractivity contribution in [3.63, 3.8) is 0 Å². The zero-order valence-electron chi connectivity index (χ0n) is 18.8. The first kappa shape index (κ1) is 25.0. The van der Waals surface area contributed by atoms with Gasteiger partial charge >= 0.3 is 6.09 Å². The number of aliphatic hydroxyl groups excluding tert-OH is 1. The minimum atomic E-state index is -1.41. The van der Waals surface area contributed by atoms with E-state index >= 15 is 0 Å². The number of benzene rings is 2. The number of ether oxygens (including phenoxy) is 1. The summed E-state index contributed by atoms with van der Waals surface area (Å²) >= 11 is 0. The predicted octanol–water partition coefficient (Wildman–Crippen LogP) is 4.14. The van der Waals surface area contributed by atoms with Gasteiger partial charge in [-0.1, -0.05) is 0 Å². The topological polar surface area (TPSA) is 143 Å². The molecule has 10 nitrogen and oxygen atoms in total. The fraction of sp³-hybridized carbons (Fsp3) is 0.0400. The zero-order valence-corrected chi connectivity index (χ0v) is 18.8. The second-order valence-corrected chi connectivity index (χ2v) is 7.50. The highest BCUT2D eigenvalue weighted by atomic mass is 19.1. The van der Waals surface area contributed by atoms with Crippen molar-refractivity contribution in [2.24, 2.45) is 0 Å². The van der Waals surface area contributed by atoms with E-state index in [1.54, 1.807) is 0 Å². The minimum absolute atomic E-state index is 0.0109. The average molecular weight is 508 g/mol. The van der Waals surface area contributed by atoms with Crippen LogP contribution < -0.4 is 20.9 Å². The normalized spacial score (nSPS) is 10.6. The number of pyridine rings is 2. The SMILES string of the molecule is O=C(O)Nc1nccc(Oc2ccc(NC(=O)c3cccn(-c4ccc(F)cc4)c3=O)cc2F)c1CO. The van der Waals surface area contributed by atoms with Crippen LogP contribution in [0.15, 0.2) is 77.9 Å². The molecule has 2 aromatic carbocycles. The molecule has 0 saturated heterocycles. The van der Waals surface area contributed by atoms with Gasteiger partial charge in [-0.25, -0.2) is 18.6 Å². The van der Waals surface area contributed by atoms with Crippen LogP contribution in [0, 0.1) is 11.6 Å². The van der Waals surface area contributed by atoms with Crippen LogP contribution in [0.25, 0.3) is 5.69 Å². The molecule has 4 rings (SSSR count). The molecule has 0 unspecified atom stereocenters. The molecule has 4 aromatic rings. The van der Waals surface area contributed by atoms with Crippen LogP contribution in [0.2, 0.25) is 0 Å². The largest absolute Gasteiger partial charge is 0.465 e. The third kappa shape index (κ3) is 5.60. The molecule has 0 radical (unpaired) electrons. The van der Waals surface area contributed by atoms with Crippen LogP contribution in [0.5, 0.6) is 11.5 Å². The van der Waals surface area contributed by atoms with Gasteiger partial charge in [-0.3, -0.25) is 19.5 Å². The second kappa shape index (κ2) is 10.7. The Morgan fingerprint density at radius 3 is 2.43 bits per heavy atom. The first-order valence-corrected chi connectivity index (χ1v) is 10.6. The van der Waals surface area contributed by atoms with Crippen molar-refractivity contribution in [1.29, 1.82) is 0 Å². The summed E-state index contributed by atoms with van der Waals surface area (Å²) < 4.78 is 34.6. The van der Waals surface area contributed by atoms with Crippen molar-refractivity contribution < 1.29 is 33.3 Å². The van der Waals surface area contributed by atoms with E-state index in [1.165, 1.54) is 71.6 Å². The number of hydrogen-bond donors (Lipinski definition) is 4. The molecule has 188 valence electrons. The van der Waals surface area contributed by atoms with Gasteiger partial charge in [-0.05, 0) is 54.6 Å². The first-order valence-electron chi connectivity index (χ1n) is 10.6. The smallest absolute Gasteiger partial charge is 0.410 e. The van der Waals surface area contributed by atoms with E-state index in [2.05, 4.69) is 10.3 Å². The van der Waals surface area contributed by atoms with Gasteiger partial charge in [0.25, 0.3) is 11.5 Å². The fourth-order valence-electron chi connectivity index (χ4n) is 3.38.